The summed E-state index contributed by atoms with van der Waals surface area (Å²) in [5, 5.41) is 9.56. The molecule has 0 saturated carbocycles. The third-order valence-corrected chi connectivity index (χ3v) is 2.11. The number of aliphatic hydroxyl groups is 1. The molecule has 76 valence electrons. The lowest BCUT2D eigenvalue weighted by atomic mass is 10.2. The van der Waals surface area contributed by atoms with Gasteiger partial charge in [-0.3, -0.25) is 4.79 Å². The first kappa shape index (κ1) is 11.1. The largest absolute Gasteiger partial charge is 0.469 e. The molecule has 5 heteroatoms. The third-order valence-electron chi connectivity index (χ3n) is 1.67. The molecule has 0 aliphatic rings. The number of hydrogen-bond acceptors (Lipinski definition) is 4. The van der Waals surface area contributed by atoms with Crippen LogP contribution in [0.5, 0.6) is 0 Å². The van der Waals surface area contributed by atoms with Gasteiger partial charge in [0, 0.05) is 0 Å². The number of rotatable bonds is 3. The molecule has 1 N–H and O–H groups in total. The monoisotopic (exact) mass is 259 g/mol. The van der Waals surface area contributed by atoms with E-state index < -0.39 is 12.1 Å². The Morgan fingerprint density at radius 1 is 1.71 bits per heavy atom. The van der Waals surface area contributed by atoms with Gasteiger partial charge >= 0.3 is 5.97 Å². The van der Waals surface area contributed by atoms with Crippen LogP contribution in [-0.4, -0.2) is 23.2 Å². The zero-order valence-corrected chi connectivity index (χ0v) is 9.19. The lowest BCUT2D eigenvalue weighted by Crippen LogP contribution is -2.09. The molecule has 4 nitrogen and oxygen atoms in total. The number of halogens is 1. The Bertz CT molecular complexity index is 330. The highest BCUT2D eigenvalue weighted by Crippen LogP contribution is 2.16. The van der Waals surface area contributed by atoms with E-state index in [2.05, 4.69) is 25.7 Å². The van der Waals surface area contributed by atoms with E-state index in [4.69, 9.17) is 0 Å². The van der Waals surface area contributed by atoms with Crippen LogP contribution in [-0.2, 0) is 9.53 Å². The molecule has 0 bridgehead atoms. The van der Waals surface area contributed by atoms with E-state index in [1.165, 1.54) is 7.11 Å². The Kier molecular flexibility index (Phi) is 4.03. The van der Waals surface area contributed by atoms with Crippen LogP contribution in [0.15, 0.2) is 22.8 Å². The Balaban J connectivity index is 2.69. The number of hydrogen-bond donors (Lipinski definition) is 1. The van der Waals surface area contributed by atoms with E-state index in [0.717, 1.165) is 0 Å². The van der Waals surface area contributed by atoms with Crippen molar-refractivity contribution in [2.75, 3.05) is 7.11 Å². The van der Waals surface area contributed by atoms with Gasteiger partial charge in [0.15, 0.2) is 0 Å². The molecule has 1 heterocycles. The molecule has 0 aromatic carbocycles. The summed E-state index contributed by atoms with van der Waals surface area (Å²) in [5.41, 5.74) is 0.449. The minimum atomic E-state index is -0.917. The minimum absolute atomic E-state index is 0.0834. The van der Waals surface area contributed by atoms with Crippen molar-refractivity contribution < 1.29 is 14.6 Å². The zero-order valence-electron chi connectivity index (χ0n) is 7.61. The first-order chi connectivity index (χ1) is 6.63. The van der Waals surface area contributed by atoms with E-state index >= 15 is 0 Å². The van der Waals surface area contributed by atoms with Crippen molar-refractivity contribution in [3.05, 3.63) is 28.5 Å². The van der Waals surface area contributed by atoms with E-state index in [1.807, 2.05) is 0 Å². The normalized spacial score (nSPS) is 12.2. The van der Waals surface area contributed by atoms with Crippen LogP contribution < -0.4 is 0 Å². The van der Waals surface area contributed by atoms with Gasteiger partial charge in [0.2, 0.25) is 0 Å². The highest BCUT2D eigenvalue weighted by Gasteiger charge is 2.14. The number of nitrogens with zero attached hydrogens (tertiary/aromatic N) is 1. The van der Waals surface area contributed by atoms with Crippen molar-refractivity contribution in [3.8, 4) is 0 Å². The summed E-state index contributed by atoms with van der Waals surface area (Å²) in [6.07, 6.45) is -1.00. The van der Waals surface area contributed by atoms with Crippen molar-refractivity contribution in [2.45, 2.75) is 12.5 Å². The van der Waals surface area contributed by atoms with Gasteiger partial charge in [-0.1, -0.05) is 6.07 Å². The predicted molar refractivity (Wildman–Crippen MR) is 53.5 cm³/mol. The Morgan fingerprint density at radius 3 is 3.00 bits per heavy atom. The number of carbonyl (C=O) groups excluding carboxylic acids is 1. The molecule has 1 atom stereocenters. The molecule has 0 spiro atoms. The van der Waals surface area contributed by atoms with Crippen molar-refractivity contribution in [2.24, 2.45) is 0 Å². The average molecular weight is 260 g/mol. The van der Waals surface area contributed by atoms with Crippen LogP contribution in [0.1, 0.15) is 18.2 Å². The summed E-state index contributed by atoms with van der Waals surface area (Å²) in [6, 6.07) is 5.14. The summed E-state index contributed by atoms with van der Waals surface area (Å²) >= 11 is 3.18. The molecule has 1 rings (SSSR count). The van der Waals surface area contributed by atoms with Crippen LogP contribution in [0, 0.1) is 0 Å². The molecule has 0 unspecified atom stereocenters. The maximum absolute atomic E-state index is 10.9. The fourth-order valence-electron chi connectivity index (χ4n) is 0.955. The number of aromatic nitrogens is 1. The Labute approximate surface area is 90.0 Å². The zero-order chi connectivity index (χ0) is 10.6. The molecule has 0 radical (unpaired) electrons. The lowest BCUT2D eigenvalue weighted by molar-refractivity contribution is -0.142. The highest BCUT2D eigenvalue weighted by molar-refractivity contribution is 9.10. The first-order valence-electron chi connectivity index (χ1n) is 4.01. The SMILES string of the molecule is COC(=O)C[C@@H](O)c1cccc(Br)n1. The summed E-state index contributed by atoms with van der Waals surface area (Å²) in [5.74, 6) is -0.459. The lowest BCUT2D eigenvalue weighted by Gasteiger charge is -2.08. The topological polar surface area (TPSA) is 59.4 Å². The smallest absolute Gasteiger partial charge is 0.308 e. The molecular formula is C9H10BrNO3. The minimum Gasteiger partial charge on any atom is -0.469 e. The van der Waals surface area contributed by atoms with Gasteiger partial charge in [0.05, 0.1) is 19.2 Å². The fourth-order valence-corrected chi connectivity index (χ4v) is 1.31. The number of ether oxygens (including phenoxy) is 1. The fraction of sp³-hybridized carbons (Fsp3) is 0.333. The molecule has 1 aromatic rings. The van der Waals surface area contributed by atoms with Gasteiger partial charge in [0.25, 0.3) is 0 Å². The van der Waals surface area contributed by atoms with Crippen molar-refractivity contribution in [1.29, 1.82) is 0 Å². The standard InChI is InChI=1S/C9H10BrNO3/c1-14-9(13)5-7(12)6-3-2-4-8(10)11-6/h2-4,7,12H,5H2,1H3/t7-/m1/s1. The molecule has 0 saturated heterocycles. The van der Waals surface area contributed by atoms with Gasteiger partial charge in [0.1, 0.15) is 10.7 Å². The average Bonchev–Trinajstić information content (AvgIpc) is 2.17. The number of esters is 1. The van der Waals surface area contributed by atoms with Gasteiger partial charge < -0.3 is 9.84 Å². The molecule has 0 fully saturated rings. The first-order valence-corrected chi connectivity index (χ1v) is 4.80. The van der Waals surface area contributed by atoms with Gasteiger partial charge in [-0.05, 0) is 28.1 Å². The van der Waals surface area contributed by atoms with Gasteiger partial charge in [-0.25, -0.2) is 4.98 Å². The summed E-state index contributed by atoms with van der Waals surface area (Å²) in [7, 11) is 1.28. The molecule has 14 heavy (non-hydrogen) atoms. The summed E-state index contributed by atoms with van der Waals surface area (Å²) in [4.78, 5) is 14.9. The van der Waals surface area contributed by atoms with Crippen LogP contribution in [0.2, 0.25) is 0 Å². The summed E-state index contributed by atoms with van der Waals surface area (Å²) in [6.45, 7) is 0. The quantitative estimate of drug-likeness (QED) is 0.660. The van der Waals surface area contributed by atoms with E-state index in [0.29, 0.717) is 10.3 Å². The second kappa shape index (κ2) is 5.07. The maximum atomic E-state index is 10.9. The van der Waals surface area contributed by atoms with Crippen LogP contribution in [0.25, 0.3) is 0 Å². The molecule has 0 aliphatic heterocycles. The number of methoxy groups -OCH3 is 1. The van der Waals surface area contributed by atoms with Crippen molar-refractivity contribution in [3.63, 3.8) is 0 Å². The second-order valence-electron chi connectivity index (χ2n) is 2.68. The van der Waals surface area contributed by atoms with Crippen LogP contribution in [0.3, 0.4) is 0 Å². The van der Waals surface area contributed by atoms with E-state index in [1.54, 1.807) is 18.2 Å². The molecule has 0 amide bonds. The maximum Gasteiger partial charge on any atom is 0.308 e. The van der Waals surface area contributed by atoms with Crippen LogP contribution in [0.4, 0.5) is 0 Å². The van der Waals surface area contributed by atoms with Crippen molar-refractivity contribution >= 4 is 21.9 Å². The molecular weight excluding hydrogens is 250 g/mol. The Morgan fingerprint density at radius 2 is 2.43 bits per heavy atom. The van der Waals surface area contributed by atoms with Crippen molar-refractivity contribution in [1.82, 2.24) is 4.98 Å². The van der Waals surface area contributed by atoms with Gasteiger partial charge in [-0.2, -0.15) is 0 Å². The summed E-state index contributed by atoms with van der Waals surface area (Å²) < 4.78 is 5.06. The Hall–Kier alpha value is -0.940. The van der Waals surface area contributed by atoms with E-state index in [9.17, 15) is 9.90 Å². The van der Waals surface area contributed by atoms with Crippen LogP contribution >= 0.6 is 15.9 Å². The molecule has 0 aliphatic carbocycles. The number of carbonyl (C=O) groups is 1. The molecule has 1 aromatic heterocycles. The second-order valence-corrected chi connectivity index (χ2v) is 3.49. The van der Waals surface area contributed by atoms with E-state index in [-0.39, 0.29) is 6.42 Å². The third kappa shape index (κ3) is 3.08. The predicted octanol–water partition coefficient (Wildman–Crippen LogP) is 1.44. The number of pyridine rings is 1. The highest BCUT2D eigenvalue weighted by atomic mass is 79.9. The van der Waals surface area contributed by atoms with Gasteiger partial charge in [-0.15, -0.1) is 0 Å². The number of aliphatic hydroxyl groups excluding tert-OH is 1.